The van der Waals surface area contributed by atoms with Crippen LogP contribution in [0.15, 0.2) is 24.3 Å². The summed E-state index contributed by atoms with van der Waals surface area (Å²) in [5.74, 6) is -0.0661. The molecular formula is C16H20Cl2N4O. The van der Waals surface area contributed by atoms with E-state index in [9.17, 15) is 4.79 Å². The highest BCUT2D eigenvalue weighted by Crippen LogP contribution is 2.24. The number of carbonyl (C=O) groups excluding carboxylic acids is 1. The Morgan fingerprint density at radius 3 is 2.74 bits per heavy atom. The molecule has 1 aliphatic heterocycles. The summed E-state index contributed by atoms with van der Waals surface area (Å²) in [6, 6.07) is 7.52. The molecule has 5 nitrogen and oxygen atoms in total. The fourth-order valence-electron chi connectivity index (χ4n) is 2.71. The lowest BCUT2D eigenvalue weighted by molar-refractivity contribution is 0.0735. The third-order valence-corrected chi connectivity index (χ3v) is 4.51. The highest BCUT2D eigenvalue weighted by Gasteiger charge is 2.26. The van der Waals surface area contributed by atoms with Crippen molar-refractivity contribution in [3.8, 4) is 0 Å². The van der Waals surface area contributed by atoms with Gasteiger partial charge in [0.05, 0.1) is 6.04 Å². The number of benzene rings is 1. The van der Waals surface area contributed by atoms with Gasteiger partial charge in [0, 0.05) is 42.8 Å². The summed E-state index contributed by atoms with van der Waals surface area (Å²) in [7, 11) is 1.80. The number of hydrogen-bond acceptors (Lipinski definition) is 3. The third kappa shape index (κ3) is 3.52. The first kappa shape index (κ1) is 17.8. The fraction of sp³-hybridized carbons (Fsp3) is 0.375. The predicted molar refractivity (Wildman–Crippen MR) is 93.2 cm³/mol. The number of nitrogens with zero attached hydrogens (tertiary/aromatic N) is 2. The van der Waals surface area contributed by atoms with E-state index in [0.29, 0.717) is 17.3 Å². The van der Waals surface area contributed by atoms with E-state index in [1.807, 2.05) is 31.2 Å². The average Bonchev–Trinajstić information content (AvgIpc) is 2.97. The number of hydrogen-bond donors (Lipinski definition) is 2. The van der Waals surface area contributed by atoms with E-state index >= 15 is 0 Å². The second-order valence-electron chi connectivity index (χ2n) is 5.60. The van der Waals surface area contributed by atoms with Crippen LogP contribution in [0, 0.1) is 0 Å². The van der Waals surface area contributed by atoms with Crippen LogP contribution in [0.4, 0.5) is 0 Å². The molecule has 1 unspecified atom stereocenters. The summed E-state index contributed by atoms with van der Waals surface area (Å²) < 4.78 is 0. The van der Waals surface area contributed by atoms with Crippen molar-refractivity contribution in [3.05, 3.63) is 51.8 Å². The molecule has 1 atom stereocenters. The normalized spacial score (nSPS) is 14.6. The standard InChI is InChI=1S/C16H19ClN4O.ClH/c1-10(11-3-5-12(17)6-4-11)21(2)16(22)15-13-9-18-8-7-14(13)19-20-15;/h3-6,10,18H,7-9H2,1-2H3,(H,19,20);1H. The molecule has 0 saturated carbocycles. The minimum absolute atomic E-state index is 0. The van der Waals surface area contributed by atoms with Gasteiger partial charge in [-0.3, -0.25) is 9.89 Å². The average molecular weight is 355 g/mol. The van der Waals surface area contributed by atoms with E-state index in [1.54, 1.807) is 11.9 Å². The van der Waals surface area contributed by atoms with Crippen molar-refractivity contribution in [2.45, 2.75) is 25.9 Å². The third-order valence-electron chi connectivity index (χ3n) is 4.26. The molecule has 0 fully saturated rings. The molecule has 0 radical (unpaired) electrons. The van der Waals surface area contributed by atoms with Crippen LogP contribution in [0.1, 0.15) is 40.3 Å². The molecule has 7 heteroatoms. The zero-order valence-corrected chi connectivity index (χ0v) is 14.7. The Labute approximate surface area is 146 Å². The van der Waals surface area contributed by atoms with Gasteiger partial charge in [-0.2, -0.15) is 5.10 Å². The Balaban J connectivity index is 0.00000192. The topological polar surface area (TPSA) is 61.0 Å². The van der Waals surface area contributed by atoms with Crippen molar-refractivity contribution in [3.63, 3.8) is 0 Å². The molecule has 1 aromatic heterocycles. The van der Waals surface area contributed by atoms with Gasteiger partial charge in [0.2, 0.25) is 0 Å². The molecule has 2 heterocycles. The van der Waals surface area contributed by atoms with Gasteiger partial charge >= 0.3 is 0 Å². The summed E-state index contributed by atoms with van der Waals surface area (Å²) in [6.45, 7) is 3.61. The smallest absolute Gasteiger partial charge is 0.274 e. The largest absolute Gasteiger partial charge is 0.334 e. The summed E-state index contributed by atoms with van der Waals surface area (Å²) in [4.78, 5) is 14.5. The van der Waals surface area contributed by atoms with Crippen LogP contribution < -0.4 is 5.32 Å². The lowest BCUT2D eigenvalue weighted by atomic mass is 10.0. The minimum atomic E-state index is -0.0661. The quantitative estimate of drug-likeness (QED) is 0.890. The number of H-pyrrole nitrogens is 1. The maximum Gasteiger partial charge on any atom is 0.274 e. The van der Waals surface area contributed by atoms with E-state index in [1.165, 1.54) is 0 Å². The second kappa shape index (κ2) is 7.34. The van der Waals surface area contributed by atoms with Crippen LogP contribution in [0.3, 0.4) is 0 Å². The Kier molecular flexibility index (Phi) is 5.68. The molecule has 0 aliphatic carbocycles. The Bertz CT molecular complexity index is 684. The molecule has 124 valence electrons. The highest BCUT2D eigenvalue weighted by atomic mass is 35.5. The molecule has 3 rings (SSSR count). The number of amides is 1. The van der Waals surface area contributed by atoms with Gasteiger partial charge in [0.15, 0.2) is 5.69 Å². The van der Waals surface area contributed by atoms with E-state index in [0.717, 1.165) is 29.8 Å². The number of rotatable bonds is 3. The Morgan fingerprint density at radius 2 is 2.04 bits per heavy atom. The van der Waals surface area contributed by atoms with E-state index < -0.39 is 0 Å². The van der Waals surface area contributed by atoms with Crippen molar-refractivity contribution < 1.29 is 4.79 Å². The van der Waals surface area contributed by atoms with Gasteiger partial charge in [0.1, 0.15) is 0 Å². The van der Waals surface area contributed by atoms with E-state index in [4.69, 9.17) is 11.6 Å². The van der Waals surface area contributed by atoms with Crippen LogP contribution in [0.5, 0.6) is 0 Å². The first-order chi connectivity index (χ1) is 10.6. The molecule has 1 aliphatic rings. The molecular weight excluding hydrogens is 335 g/mol. The summed E-state index contributed by atoms with van der Waals surface area (Å²) in [5, 5.41) is 11.2. The van der Waals surface area contributed by atoms with Crippen LogP contribution in [0.2, 0.25) is 5.02 Å². The zero-order valence-electron chi connectivity index (χ0n) is 13.1. The van der Waals surface area contributed by atoms with Crippen LogP contribution in [-0.4, -0.2) is 34.6 Å². The Hall–Kier alpha value is -1.56. The van der Waals surface area contributed by atoms with Gasteiger partial charge < -0.3 is 10.2 Å². The zero-order chi connectivity index (χ0) is 15.7. The molecule has 1 amide bonds. The number of halogens is 2. The van der Waals surface area contributed by atoms with Crippen molar-refractivity contribution in [1.82, 2.24) is 20.4 Å². The van der Waals surface area contributed by atoms with Crippen LogP contribution in [0.25, 0.3) is 0 Å². The highest BCUT2D eigenvalue weighted by molar-refractivity contribution is 6.30. The lowest BCUT2D eigenvalue weighted by Gasteiger charge is -2.25. The monoisotopic (exact) mass is 354 g/mol. The van der Waals surface area contributed by atoms with Crippen molar-refractivity contribution in [1.29, 1.82) is 0 Å². The summed E-state index contributed by atoms with van der Waals surface area (Å²) in [6.07, 6.45) is 0.881. The van der Waals surface area contributed by atoms with Crippen LogP contribution >= 0.6 is 24.0 Å². The fourth-order valence-corrected chi connectivity index (χ4v) is 2.84. The first-order valence-electron chi connectivity index (χ1n) is 7.37. The maximum absolute atomic E-state index is 12.7. The van der Waals surface area contributed by atoms with E-state index in [2.05, 4.69) is 15.5 Å². The minimum Gasteiger partial charge on any atom is -0.334 e. The van der Waals surface area contributed by atoms with Gasteiger partial charge in [0.25, 0.3) is 5.91 Å². The number of aromatic amines is 1. The SMILES string of the molecule is CC(c1ccc(Cl)cc1)N(C)C(=O)c1n[nH]c2c1CNCC2.Cl. The van der Waals surface area contributed by atoms with Crippen LogP contribution in [-0.2, 0) is 13.0 Å². The molecule has 2 N–H and O–H groups in total. The Morgan fingerprint density at radius 1 is 1.35 bits per heavy atom. The number of carbonyl (C=O) groups is 1. The predicted octanol–water partition coefficient (Wildman–Crippen LogP) is 2.96. The molecule has 0 spiro atoms. The lowest BCUT2D eigenvalue weighted by Crippen LogP contribution is -2.32. The van der Waals surface area contributed by atoms with Crippen molar-refractivity contribution >= 4 is 29.9 Å². The number of fused-ring (bicyclic) bond motifs is 1. The summed E-state index contributed by atoms with van der Waals surface area (Å²) >= 11 is 5.92. The number of aromatic nitrogens is 2. The first-order valence-corrected chi connectivity index (χ1v) is 7.75. The van der Waals surface area contributed by atoms with Gasteiger partial charge in [-0.15, -0.1) is 12.4 Å². The summed E-state index contributed by atoms with van der Waals surface area (Å²) in [5.41, 5.74) is 3.62. The molecule has 23 heavy (non-hydrogen) atoms. The van der Waals surface area contributed by atoms with Gasteiger partial charge in [-0.05, 0) is 24.6 Å². The van der Waals surface area contributed by atoms with Gasteiger partial charge in [-0.25, -0.2) is 0 Å². The van der Waals surface area contributed by atoms with Crippen molar-refractivity contribution in [2.75, 3.05) is 13.6 Å². The van der Waals surface area contributed by atoms with Crippen molar-refractivity contribution in [2.24, 2.45) is 0 Å². The molecule has 0 bridgehead atoms. The second-order valence-corrected chi connectivity index (χ2v) is 6.04. The molecule has 1 aromatic carbocycles. The molecule has 2 aromatic rings. The van der Waals surface area contributed by atoms with Gasteiger partial charge in [-0.1, -0.05) is 23.7 Å². The van der Waals surface area contributed by atoms with E-state index in [-0.39, 0.29) is 24.4 Å². The maximum atomic E-state index is 12.7. The number of nitrogens with one attached hydrogen (secondary N) is 2. The molecule has 0 saturated heterocycles.